The molecule has 3 rings (SSSR count). The lowest BCUT2D eigenvalue weighted by Gasteiger charge is -2.23. The average Bonchev–Trinajstić information content (AvgIpc) is 3.13. The summed E-state index contributed by atoms with van der Waals surface area (Å²) < 4.78 is 2.01. The molecule has 1 aromatic heterocycles. The van der Waals surface area contributed by atoms with Crippen LogP contribution in [0.2, 0.25) is 5.02 Å². The van der Waals surface area contributed by atoms with Gasteiger partial charge < -0.3 is 9.47 Å². The summed E-state index contributed by atoms with van der Waals surface area (Å²) in [5.41, 5.74) is 3.66. The van der Waals surface area contributed by atoms with Gasteiger partial charge in [0, 0.05) is 54.7 Å². The molecule has 0 saturated heterocycles. The molecule has 0 spiro atoms. The smallest absolute Gasteiger partial charge is 0.110 e. The Morgan fingerprint density at radius 2 is 1.86 bits per heavy atom. The zero-order chi connectivity index (χ0) is 19.9. The van der Waals surface area contributed by atoms with Crippen LogP contribution in [0.4, 0.5) is 11.4 Å². The maximum Gasteiger partial charge on any atom is 0.110 e. The minimum atomic E-state index is 0.530. The van der Waals surface area contributed by atoms with Crippen molar-refractivity contribution in [2.75, 3.05) is 29.7 Å². The Morgan fingerprint density at radius 3 is 2.50 bits per heavy atom. The molecule has 0 unspecified atom stereocenters. The van der Waals surface area contributed by atoms with E-state index < -0.39 is 0 Å². The highest BCUT2D eigenvalue weighted by molar-refractivity contribution is 6.33. The second kappa shape index (κ2) is 9.97. The number of aryl methyl sites for hydroxylation is 1. The highest BCUT2D eigenvalue weighted by atomic mass is 35.5. The van der Waals surface area contributed by atoms with E-state index in [1.807, 2.05) is 60.2 Å². The molecule has 0 amide bonds. The van der Waals surface area contributed by atoms with E-state index in [2.05, 4.69) is 14.9 Å². The van der Waals surface area contributed by atoms with Crippen molar-refractivity contribution >= 4 is 52.4 Å². The SMILES string of the molecule is Cc1nccn1-c1ccccc1N=Cc1ccc(N(CCCl)CCCl)cc1Cl. The first-order valence-electron chi connectivity index (χ1n) is 8.94. The fourth-order valence-corrected chi connectivity index (χ4v) is 3.57. The summed E-state index contributed by atoms with van der Waals surface area (Å²) in [4.78, 5) is 11.1. The van der Waals surface area contributed by atoms with E-state index in [1.165, 1.54) is 0 Å². The Kier molecular flexibility index (Phi) is 7.37. The van der Waals surface area contributed by atoms with E-state index in [9.17, 15) is 0 Å². The molecule has 0 aliphatic rings. The van der Waals surface area contributed by atoms with Crippen molar-refractivity contribution in [3.8, 4) is 5.69 Å². The molecule has 7 heteroatoms. The summed E-state index contributed by atoms with van der Waals surface area (Å²) in [6.07, 6.45) is 5.48. The van der Waals surface area contributed by atoms with Crippen LogP contribution in [0.15, 0.2) is 59.9 Å². The van der Waals surface area contributed by atoms with E-state index in [0.29, 0.717) is 16.8 Å². The number of aliphatic imine (C=N–C) groups is 1. The molecule has 4 nitrogen and oxygen atoms in total. The van der Waals surface area contributed by atoms with Gasteiger partial charge in [0.1, 0.15) is 5.82 Å². The monoisotopic (exact) mass is 434 g/mol. The Morgan fingerprint density at radius 1 is 1.11 bits per heavy atom. The first-order valence-corrected chi connectivity index (χ1v) is 10.4. The van der Waals surface area contributed by atoms with Crippen molar-refractivity contribution in [1.82, 2.24) is 9.55 Å². The second-order valence-corrected chi connectivity index (χ2v) is 7.33. The number of aromatic nitrogens is 2. The first-order chi connectivity index (χ1) is 13.6. The number of anilines is 1. The third-order valence-electron chi connectivity index (χ3n) is 4.37. The van der Waals surface area contributed by atoms with Crippen LogP contribution in [-0.2, 0) is 0 Å². The van der Waals surface area contributed by atoms with Crippen LogP contribution in [0.1, 0.15) is 11.4 Å². The van der Waals surface area contributed by atoms with Crippen molar-refractivity contribution in [2.45, 2.75) is 6.92 Å². The maximum atomic E-state index is 6.51. The molecule has 28 heavy (non-hydrogen) atoms. The lowest BCUT2D eigenvalue weighted by Crippen LogP contribution is -2.27. The molecule has 146 valence electrons. The highest BCUT2D eigenvalue weighted by Gasteiger charge is 2.09. The normalized spacial score (nSPS) is 11.3. The van der Waals surface area contributed by atoms with E-state index in [-0.39, 0.29) is 0 Å². The first kappa shape index (κ1) is 20.7. The molecule has 0 N–H and O–H groups in total. The molecule has 0 aliphatic carbocycles. The molecule has 0 aliphatic heterocycles. The molecule has 2 aromatic carbocycles. The van der Waals surface area contributed by atoms with Crippen LogP contribution >= 0.6 is 34.8 Å². The van der Waals surface area contributed by atoms with Gasteiger partial charge in [0.15, 0.2) is 0 Å². The third kappa shape index (κ3) is 4.88. The summed E-state index contributed by atoms with van der Waals surface area (Å²) in [6.45, 7) is 3.40. The standard InChI is InChI=1S/C21H21Cl3N4/c1-16-25-10-13-28(16)21-5-3-2-4-20(21)26-15-17-6-7-18(14-19(17)24)27(11-8-22)12-9-23/h2-7,10,13-15H,8-9,11-12H2,1H3. The molecule has 0 fully saturated rings. The Bertz CT molecular complexity index is 946. The summed E-state index contributed by atoms with van der Waals surface area (Å²) in [6, 6.07) is 13.8. The van der Waals surface area contributed by atoms with E-state index in [0.717, 1.165) is 41.5 Å². The van der Waals surface area contributed by atoms with Crippen molar-refractivity contribution in [3.05, 3.63) is 71.3 Å². The quantitative estimate of drug-likeness (QED) is 0.327. The van der Waals surface area contributed by atoms with E-state index >= 15 is 0 Å². The maximum absolute atomic E-state index is 6.51. The largest absolute Gasteiger partial charge is 0.369 e. The number of nitrogens with zero attached hydrogens (tertiary/aromatic N) is 4. The van der Waals surface area contributed by atoms with E-state index in [1.54, 1.807) is 12.4 Å². The Balaban J connectivity index is 1.87. The van der Waals surface area contributed by atoms with Gasteiger partial charge in [-0.25, -0.2) is 4.98 Å². The van der Waals surface area contributed by atoms with Crippen LogP contribution in [0.3, 0.4) is 0 Å². The Labute approximate surface area is 180 Å². The number of para-hydroxylation sites is 2. The number of rotatable bonds is 8. The van der Waals surface area contributed by atoms with Crippen LogP contribution in [0, 0.1) is 6.92 Å². The average molecular weight is 436 g/mol. The topological polar surface area (TPSA) is 33.4 Å². The molecule has 3 aromatic rings. The van der Waals surface area contributed by atoms with E-state index in [4.69, 9.17) is 34.8 Å². The van der Waals surface area contributed by atoms with Crippen LogP contribution in [-0.4, -0.2) is 40.6 Å². The number of hydrogen-bond donors (Lipinski definition) is 0. The lowest BCUT2D eigenvalue weighted by atomic mass is 10.2. The number of benzene rings is 2. The van der Waals surface area contributed by atoms with Crippen LogP contribution in [0.25, 0.3) is 5.69 Å². The molecule has 0 radical (unpaired) electrons. The molecular weight excluding hydrogens is 415 g/mol. The van der Waals surface area contributed by atoms with Gasteiger partial charge in [0.05, 0.1) is 16.4 Å². The number of halogens is 3. The second-order valence-electron chi connectivity index (χ2n) is 6.16. The lowest BCUT2D eigenvalue weighted by molar-refractivity contribution is 0.874. The third-order valence-corrected chi connectivity index (χ3v) is 5.03. The van der Waals surface area contributed by atoms with Gasteiger partial charge in [-0.3, -0.25) is 4.99 Å². The number of alkyl halides is 2. The van der Waals surface area contributed by atoms with Gasteiger partial charge in [-0.1, -0.05) is 23.7 Å². The van der Waals surface area contributed by atoms with Gasteiger partial charge in [-0.05, 0) is 37.3 Å². The summed E-state index contributed by atoms with van der Waals surface area (Å²) >= 11 is 18.3. The molecular formula is C21H21Cl3N4. The minimum Gasteiger partial charge on any atom is -0.369 e. The number of hydrogen-bond acceptors (Lipinski definition) is 3. The van der Waals surface area contributed by atoms with Crippen molar-refractivity contribution in [2.24, 2.45) is 4.99 Å². The van der Waals surface area contributed by atoms with Crippen LogP contribution < -0.4 is 4.90 Å². The van der Waals surface area contributed by atoms with Crippen molar-refractivity contribution in [3.63, 3.8) is 0 Å². The van der Waals surface area contributed by atoms with Gasteiger partial charge in [-0.15, -0.1) is 23.2 Å². The van der Waals surface area contributed by atoms with Crippen molar-refractivity contribution in [1.29, 1.82) is 0 Å². The number of imidazole rings is 1. The van der Waals surface area contributed by atoms with Crippen LogP contribution in [0.5, 0.6) is 0 Å². The predicted molar refractivity (Wildman–Crippen MR) is 121 cm³/mol. The molecule has 1 heterocycles. The zero-order valence-electron chi connectivity index (χ0n) is 15.5. The molecule has 0 atom stereocenters. The molecule has 0 bridgehead atoms. The van der Waals surface area contributed by atoms with Gasteiger partial charge in [0.2, 0.25) is 0 Å². The fraction of sp³-hybridized carbons (Fsp3) is 0.238. The van der Waals surface area contributed by atoms with Gasteiger partial charge in [-0.2, -0.15) is 0 Å². The van der Waals surface area contributed by atoms with Gasteiger partial charge >= 0.3 is 0 Å². The molecule has 0 saturated carbocycles. The van der Waals surface area contributed by atoms with Gasteiger partial charge in [0.25, 0.3) is 0 Å². The fourth-order valence-electron chi connectivity index (χ4n) is 2.94. The highest BCUT2D eigenvalue weighted by Crippen LogP contribution is 2.26. The minimum absolute atomic E-state index is 0.530. The van der Waals surface area contributed by atoms with Crippen molar-refractivity contribution < 1.29 is 0 Å². The zero-order valence-corrected chi connectivity index (χ0v) is 17.8. The predicted octanol–water partition coefficient (Wildman–Crippen LogP) is 5.87. The summed E-state index contributed by atoms with van der Waals surface area (Å²) in [5, 5.41) is 0.631. The summed E-state index contributed by atoms with van der Waals surface area (Å²) in [7, 11) is 0. The summed E-state index contributed by atoms with van der Waals surface area (Å²) in [5.74, 6) is 1.97. The Hall–Kier alpha value is -2.01.